The number of aromatic nitrogens is 1. The van der Waals surface area contributed by atoms with Crippen LogP contribution in [0.15, 0.2) is 35.7 Å². The Balaban J connectivity index is 1.66. The number of aliphatic hydroxyl groups excluding tert-OH is 1. The fourth-order valence-corrected chi connectivity index (χ4v) is 3.00. The van der Waals surface area contributed by atoms with Crippen molar-refractivity contribution in [2.45, 2.75) is 31.9 Å². The van der Waals surface area contributed by atoms with Crippen LogP contribution >= 0.6 is 11.3 Å². The Kier molecular flexibility index (Phi) is 4.40. The molecule has 1 aromatic heterocycles. The van der Waals surface area contributed by atoms with E-state index in [2.05, 4.69) is 10.3 Å². The first kappa shape index (κ1) is 15.0. The maximum absolute atomic E-state index is 12.4. The van der Waals surface area contributed by atoms with Gasteiger partial charge in [-0.1, -0.05) is 30.3 Å². The highest BCUT2D eigenvalue weighted by Crippen LogP contribution is 2.29. The molecule has 1 unspecified atom stereocenters. The fourth-order valence-electron chi connectivity index (χ4n) is 2.33. The van der Waals surface area contributed by atoms with Crippen LogP contribution in [0.2, 0.25) is 0 Å². The van der Waals surface area contributed by atoms with Gasteiger partial charge in [0.25, 0.3) is 0 Å². The average molecular weight is 317 g/mol. The van der Waals surface area contributed by atoms with Gasteiger partial charge < -0.3 is 10.0 Å². The summed E-state index contributed by atoms with van der Waals surface area (Å²) in [6, 6.07) is 9.46. The molecule has 1 aromatic carbocycles. The first-order chi connectivity index (χ1) is 10.6. The number of carbonyl (C=O) groups is 1. The second kappa shape index (κ2) is 6.46. The van der Waals surface area contributed by atoms with Gasteiger partial charge in [-0.05, 0) is 25.3 Å². The number of nitrogens with one attached hydrogen (secondary N) is 1. The molecule has 0 saturated heterocycles. The molecule has 116 valence electrons. The normalized spacial score (nSPS) is 15.4. The van der Waals surface area contributed by atoms with Gasteiger partial charge in [0.15, 0.2) is 5.13 Å². The molecule has 2 N–H and O–H groups in total. The molecule has 1 saturated carbocycles. The van der Waals surface area contributed by atoms with Gasteiger partial charge >= 0.3 is 6.03 Å². The third kappa shape index (κ3) is 3.64. The van der Waals surface area contributed by atoms with Gasteiger partial charge in [-0.25, -0.2) is 9.78 Å². The van der Waals surface area contributed by atoms with E-state index in [1.165, 1.54) is 11.3 Å². The summed E-state index contributed by atoms with van der Waals surface area (Å²) in [5.41, 5.74) is 1.72. The second-order valence-electron chi connectivity index (χ2n) is 5.53. The molecule has 2 amide bonds. The smallest absolute Gasteiger partial charge is 0.323 e. The van der Waals surface area contributed by atoms with Crippen molar-refractivity contribution in [3.8, 4) is 0 Å². The molecular weight excluding hydrogens is 298 g/mol. The lowest BCUT2D eigenvalue weighted by molar-refractivity contribution is 0.123. The van der Waals surface area contributed by atoms with Gasteiger partial charge in [0.05, 0.1) is 18.3 Å². The standard InChI is InChI=1S/C16H19N3O2S/c1-11-10-22-15(17-11)18-16(21)19(13-7-8-13)9-14(20)12-5-3-2-4-6-12/h2-6,10,13-14,20H,7-9H2,1H3,(H,17,18,21). The zero-order valence-electron chi connectivity index (χ0n) is 12.4. The number of urea groups is 1. The predicted molar refractivity (Wildman–Crippen MR) is 87.0 cm³/mol. The van der Waals surface area contributed by atoms with E-state index in [1.807, 2.05) is 42.6 Å². The number of anilines is 1. The third-order valence-electron chi connectivity index (χ3n) is 3.64. The monoisotopic (exact) mass is 317 g/mol. The van der Waals surface area contributed by atoms with E-state index >= 15 is 0 Å². The average Bonchev–Trinajstić information content (AvgIpc) is 3.28. The highest BCUT2D eigenvalue weighted by molar-refractivity contribution is 7.13. The molecule has 3 rings (SSSR count). The molecule has 0 aliphatic heterocycles. The van der Waals surface area contributed by atoms with Crippen LogP contribution in [0, 0.1) is 6.92 Å². The number of aryl methyl sites for hydroxylation is 1. The summed E-state index contributed by atoms with van der Waals surface area (Å²) < 4.78 is 0. The SMILES string of the molecule is Cc1csc(NC(=O)N(CC(O)c2ccccc2)C2CC2)n1. The number of rotatable bonds is 5. The molecule has 0 spiro atoms. The lowest BCUT2D eigenvalue weighted by Crippen LogP contribution is -2.39. The first-order valence-electron chi connectivity index (χ1n) is 7.36. The number of aliphatic hydroxyl groups is 1. The molecule has 0 radical (unpaired) electrons. The summed E-state index contributed by atoms with van der Waals surface area (Å²) in [5, 5.41) is 15.7. The highest BCUT2D eigenvalue weighted by Gasteiger charge is 2.34. The Morgan fingerprint density at radius 1 is 1.45 bits per heavy atom. The van der Waals surface area contributed by atoms with E-state index in [1.54, 1.807) is 4.90 Å². The Hall–Kier alpha value is -1.92. The maximum atomic E-state index is 12.4. The minimum Gasteiger partial charge on any atom is -0.387 e. The summed E-state index contributed by atoms with van der Waals surface area (Å²) in [6.45, 7) is 2.19. The molecule has 1 aliphatic rings. The van der Waals surface area contributed by atoms with Gasteiger partial charge in [-0.2, -0.15) is 0 Å². The van der Waals surface area contributed by atoms with Crippen LogP contribution in [0.5, 0.6) is 0 Å². The molecule has 5 nitrogen and oxygen atoms in total. The lowest BCUT2D eigenvalue weighted by Gasteiger charge is -2.25. The van der Waals surface area contributed by atoms with Crippen molar-refractivity contribution in [3.63, 3.8) is 0 Å². The summed E-state index contributed by atoms with van der Waals surface area (Å²) >= 11 is 1.41. The summed E-state index contributed by atoms with van der Waals surface area (Å²) in [4.78, 5) is 18.4. The number of nitrogens with zero attached hydrogens (tertiary/aromatic N) is 2. The number of benzene rings is 1. The van der Waals surface area contributed by atoms with E-state index in [9.17, 15) is 9.90 Å². The van der Waals surface area contributed by atoms with E-state index in [-0.39, 0.29) is 12.1 Å². The van der Waals surface area contributed by atoms with Crippen molar-refractivity contribution in [3.05, 3.63) is 47.0 Å². The molecule has 2 aromatic rings. The molecule has 1 atom stereocenters. The topological polar surface area (TPSA) is 65.5 Å². The van der Waals surface area contributed by atoms with Gasteiger partial charge in [0.2, 0.25) is 0 Å². The molecule has 1 fully saturated rings. The van der Waals surface area contributed by atoms with Crippen molar-refractivity contribution in [1.82, 2.24) is 9.88 Å². The number of hydrogen-bond acceptors (Lipinski definition) is 4. The molecule has 22 heavy (non-hydrogen) atoms. The summed E-state index contributed by atoms with van der Waals surface area (Å²) in [5.74, 6) is 0. The maximum Gasteiger partial charge on any atom is 0.323 e. The van der Waals surface area contributed by atoms with Crippen LogP contribution in [0.3, 0.4) is 0 Å². The zero-order valence-corrected chi connectivity index (χ0v) is 13.2. The third-order valence-corrected chi connectivity index (χ3v) is 4.51. The number of carbonyl (C=O) groups excluding carboxylic acids is 1. The van der Waals surface area contributed by atoms with E-state index < -0.39 is 6.10 Å². The van der Waals surface area contributed by atoms with Gasteiger partial charge in [0.1, 0.15) is 0 Å². The van der Waals surface area contributed by atoms with Gasteiger partial charge in [-0.15, -0.1) is 11.3 Å². The molecule has 0 bridgehead atoms. The molecule has 1 aliphatic carbocycles. The zero-order chi connectivity index (χ0) is 15.5. The van der Waals surface area contributed by atoms with Gasteiger partial charge in [-0.3, -0.25) is 5.32 Å². The first-order valence-corrected chi connectivity index (χ1v) is 8.24. The van der Waals surface area contributed by atoms with Crippen LogP contribution in [0.25, 0.3) is 0 Å². The van der Waals surface area contributed by atoms with E-state index in [0.29, 0.717) is 11.7 Å². The van der Waals surface area contributed by atoms with E-state index in [0.717, 1.165) is 24.1 Å². The highest BCUT2D eigenvalue weighted by atomic mass is 32.1. The lowest BCUT2D eigenvalue weighted by atomic mass is 10.1. The Labute approximate surface area is 133 Å². The molecular formula is C16H19N3O2S. The quantitative estimate of drug-likeness (QED) is 0.890. The van der Waals surface area contributed by atoms with E-state index in [4.69, 9.17) is 0 Å². The van der Waals surface area contributed by atoms with Crippen LogP contribution in [-0.2, 0) is 0 Å². The second-order valence-corrected chi connectivity index (χ2v) is 6.39. The Morgan fingerprint density at radius 3 is 2.77 bits per heavy atom. The number of amides is 2. The van der Waals surface area contributed by atoms with Crippen molar-refractivity contribution in [1.29, 1.82) is 0 Å². The van der Waals surface area contributed by atoms with Crippen LogP contribution in [0.4, 0.5) is 9.93 Å². The van der Waals surface area contributed by atoms with Gasteiger partial charge in [0, 0.05) is 11.4 Å². The van der Waals surface area contributed by atoms with Crippen molar-refractivity contribution in [2.75, 3.05) is 11.9 Å². The minimum absolute atomic E-state index is 0.188. The number of hydrogen-bond donors (Lipinski definition) is 2. The minimum atomic E-state index is -0.675. The molecule has 6 heteroatoms. The summed E-state index contributed by atoms with van der Waals surface area (Å²) in [6.07, 6.45) is 1.31. The van der Waals surface area contributed by atoms with Crippen LogP contribution in [-0.4, -0.2) is 33.6 Å². The van der Waals surface area contributed by atoms with Crippen LogP contribution in [0.1, 0.15) is 30.2 Å². The Morgan fingerprint density at radius 2 is 2.18 bits per heavy atom. The Bertz CT molecular complexity index is 640. The largest absolute Gasteiger partial charge is 0.387 e. The summed E-state index contributed by atoms with van der Waals surface area (Å²) in [7, 11) is 0. The van der Waals surface area contributed by atoms with Crippen molar-refractivity contribution >= 4 is 22.5 Å². The molecule has 1 heterocycles. The van der Waals surface area contributed by atoms with Crippen molar-refractivity contribution in [2.24, 2.45) is 0 Å². The number of thiazole rings is 1. The van der Waals surface area contributed by atoms with Crippen LogP contribution < -0.4 is 5.32 Å². The fraction of sp³-hybridized carbons (Fsp3) is 0.375. The predicted octanol–water partition coefficient (Wildman–Crippen LogP) is 3.18. The van der Waals surface area contributed by atoms with Crippen molar-refractivity contribution < 1.29 is 9.90 Å².